The van der Waals surface area contributed by atoms with E-state index in [1.165, 1.54) is 0 Å². The number of methoxy groups -OCH3 is 3. The average molecular weight is 356 g/mol. The minimum Gasteiger partial charge on any atom is -0.497 e. The van der Waals surface area contributed by atoms with E-state index in [-0.39, 0.29) is 0 Å². The molecule has 0 aliphatic carbocycles. The van der Waals surface area contributed by atoms with E-state index in [1.54, 1.807) is 27.4 Å². The van der Waals surface area contributed by atoms with Gasteiger partial charge in [-0.2, -0.15) is 4.98 Å². The number of ether oxygens (including phenoxy) is 4. The molecular weight excluding hydrogens is 336 g/mol. The molecule has 0 atom stereocenters. The number of hydrogen-bond donors (Lipinski definition) is 0. The van der Waals surface area contributed by atoms with Gasteiger partial charge >= 0.3 is 0 Å². The van der Waals surface area contributed by atoms with Crippen molar-refractivity contribution in [3.8, 4) is 45.8 Å². The fraction of sp³-hybridized carbons (Fsp3) is 0.263. The Morgan fingerprint density at radius 1 is 0.885 bits per heavy atom. The fourth-order valence-corrected chi connectivity index (χ4v) is 2.51. The van der Waals surface area contributed by atoms with Gasteiger partial charge in [0.25, 0.3) is 5.89 Å². The zero-order chi connectivity index (χ0) is 18.5. The third kappa shape index (κ3) is 3.42. The third-order valence-electron chi connectivity index (χ3n) is 3.79. The molecule has 136 valence electrons. The highest BCUT2D eigenvalue weighted by molar-refractivity contribution is 5.67. The first-order valence-corrected chi connectivity index (χ1v) is 8.07. The minimum absolute atomic E-state index is 0.354. The monoisotopic (exact) mass is 356 g/mol. The number of nitrogens with zero attached hydrogens (tertiary/aromatic N) is 2. The molecule has 0 saturated carbocycles. The highest BCUT2D eigenvalue weighted by atomic mass is 16.5. The summed E-state index contributed by atoms with van der Waals surface area (Å²) in [5.41, 5.74) is 1.44. The van der Waals surface area contributed by atoms with Crippen molar-refractivity contribution in [1.82, 2.24) is 10.1 Å². The average Bonchev–Trinajstić information content (AvgIpc) is 3.17. The van der Waals surface area contributed by atoms with Crippen LogP contribution in [0.2, 0.25) is 0 Å². The Balaban J connectivity index is 1.95. The highest BCUT2D eigenvalue weighted by Crippen LogP contribution is 2.35. The van der Waals surface area contributed by atoms with Crippen LogP contribution in [0.15, 0.2) is 40.9 Å². The lowest BCUT2D eigenvalue weighted by atomic mass is 10.1. The molecule has 2 aromatic carbocycles. The Kier molecular flexibility index (Phi) is 5.26. The topological polar surface area (TPSA) is 75.8 Å². The second-order valence-corrected chi connectivity index (χ2v) is 5.29. The molecule has 0 bridgehead atoms. The molecule has 3 rings (SSSR count). The smallest absolute Gasteiger partial charge is 0.262 e. The number of hydrogen-bond acceptors (Lipinski definition) is 7. The second kappa shape index (κ2) is 7.77. The SMILES string of the molecule is CCOc1ccc(-c2noc(-c3ccc(OC)cc3OC)n2)cc1OC. The van der Waals surface area contributed by atoms with E-state index in [0.29, 0.717) is 46.9 Å². The lowest BCUT2D eigenvalue weighted by molar-refractivity contribution is 0.311. The van der Waals surface area contributed by atoms with Crippen LogP contribution in [0.5, 0.6) is 23.0 Å². The predicted molar refractivity (Wildman–Crippen MR) is 96.0 cm³/mol. The van der Waals surface area contributed by atoms with Crippen LogP contribution in [-0.2, 0) is 0 Å². The maximum Gasteiger partial charge on any atom is 0.262 e. The van der Waals surface area contributed by atoms with Crippen LogP contribution >= 0.6 is 0 Å². The van der Waals surface area contributed by atoms with Crippen molar-refractivity contribution in [1.29, 1.82) is 0 Å². The molecule has 0 N–H and O–H groups in total. The molecule has 26 heavy (non-hydrogen) atoms. The number of aromatic nitrogens is 2. The van der Waals surface area contributed by atoms with Gasteiger partial charge in [-0.1, -0.05) is 5.16 Å². The highest BCUT2D eigenvalue weighted by Gasteiger charge is 2.17. The van der Waals surface area contributed by atoms with Crippen LogP contribution < -0.4 is 18.9 Å². The predicted octanol–water partition coefficient (Wildman–Crippen LogP) is 3.83. The van der Waals surface area contributed by atoms with Gasteiger partial charge in [-0.05, 0) is 37.3 Å². The van der Waals surface area contributed by atoms with E-state index in [2.05, 4.69) is 10.1 Å². The first-order valence-electron chi connectivity index (χ1n) is 8.07. The molecule has 0 amide bonds. The molecule has 1 aromatic heterocycles. The molecule has 0 radical (unpaired) electrons. The van der Waals surface area contributed by atoms with Gasteiger partial charge in [0.05, 0.1) is 33.5 Å². The molecule has 7 heteroatoms. The molecule has 0 aliphatic heterocycles. The van der Waals surface area contributed by atoms with Gasteiger partial charge in [-0.3, -0.25) is 0 Å². The lowest BCUT2D eigenvalue weighted by Crippen LogP contribution is -1.95. The maximum atomic E-state index is 5.53. The standard InChI is InChI=1S/C19H20N2O5/c1-5-25-15-9-6-12(10-17(15)24-4)18-20-19(26-21-18)14-8-7-13(22-2)11-16(14)23-3/h6-11H,5H2,1-4H3. The normalized spacial score (nSPS) is 10.5. The summed E-state index contributed by atoms with van der Waals surface area (Å²) in [5, 5.41) is 4.06. The summed E-state index contributed by atoms with van der Waals surface area (Å²) in [7, 11) is 4.76. The number of benzene rings is 2. The molecular formula is C19H20N2O5. The number of rotatable bonds is 7. The maximum absolute atomic E-state index is 5.53. The molecule has 0 aliphatic rings. The van der Waals surface area contributed by atoms with Gasteiger partial charge in [-0.15, -0.1) is 0 Å². The van der Waals surface area contributed by atoms with Crippen molar-refractivity contribution in [2.75, 3.05) is 27.9 Å². The Morgan fingerprint density at radius 3 is 2.38 bits per heavy atom. The summed E-state index contributed by atoms with van der Waals surface area (Å²) in [6.45, 7) is 2.47. The van der Waals surface area contributed by atoms with Crippen molar-refractivity contribution < 1.29 is 23.5 Å². The summed E-state index contributed by atoms with van der Waals surface area (Å²) in [4.78, 5) is 4.47. The fourth-order valence-electron chi connectivity index (χ4n) is 2.51. The third-order valence-corrected chi connectivity index (χ3v) is 3.79. The lowest BCUT2D eigenvalue weighted by Gasteiger charge is -2.09. The minimum atomic E-state index is 0.354. The van der Waals surface area contributed by atoms with Crippen LogP contribution in [0.3, 0.4) is 0 Å². The van der Waals surface area contributed by atoms with Gasteiger partial charge < -0.3 is 23.5 Å². The molecule has 0 spiro atoms. The van der Waals surface area contributed by atoms with E-state index in [0.717, 1.165) is 5.56 Å². The van der Waals surface area contributed by atoms with Crippen molar-refractivity contribution in [2.45, 2.75) is 6.92 Å². The molecule has 0 fully saturated rings. The Morgan fingerprint density at radius 2 is 1.69 bits per heavy atom. The summed E-state index contributed by atoms with van der Waals surface area (Å²) in [6.07, 6.45) is 0. The summed E-state index contributed by atoms with van der Waals surface area (Å²) >= 11 is 0. The molecule has 0 unspecified atom stereocenters. The molecule has 0 saturated heterocycles. The van der Waals surface area contributed by atoms with Gasteiger partial charge in [0, 0.05) is 11.6 Å². The van der Waals surface area contributed by atoms with Crippen molar-refractivity contribution in [2.24, 2.45) is 0 Å². The van der Waals surface area contributed by atoms with Gasteiger partial charge in [-0.25, -0.2) is 0 Å². The largest absolute Gasteiger partial charge is 0.497 e. The van der Waals surface area contributed by atoms with E-state index in [4.69, 9.17) is 23.5 Å². The van der Waals surface area contributed by atoms with Crippen molar-refractivity contribution in [3.63, 3.8) is 0 Å². The van der Waals surface area contributed by atoms with Crippen LogP contribution in [-0.4, -0.2) is 38.1 Å². The zero-order valence-electron chi connectivity index (χ0n) is 15.1. The molecule has 7 nitrogen and oxygen atoms in total. The van der Waals surface area contributed by atoms with E-state index < -0.39 is 0 Å². The van der Waals surface area contributed by atoms with E-state index >= 15 is 0 Å². The van der Waals surface area contributed by atoms with Crippen LogP contribution in [0, 0.1) is 0 Å². The first-order chi connectivity index (χ1) is 12.7. The van der Waals surface area contributed by atoms with Gasteiger partial charge in [0.1, 0.15) is 11.5 Å². The van der Waals surface area contributed by atoms with E-state index in [1.807, 2.05) is 37.3 Å². The zero-order valence-corrected chi connectivity index (χ0v) is 15.1. The van der Waals surface area contributed by atoms with Crippen LogP contribution in [0.4, 0.5) is 0 Å². The molecule has 1 heterocycles. The Bertz CT molecular complexity index is 891. The van der Waals surface area contributed by atoms with Crippen LogP contribution in [0.1, 0.15) is 6.92 Å². The summed E-state index contributed by atoms with van der Waals surface area (Å²) in [5.74, 6) is 3.34. The van der Waals surface area contributed by atoms with Crippen LogP contribution in [0.25, 0.3) is 22.8 Å². The second-order valence-electron chi connectivity index (χ2n) is 5.29. The van der Waals surface area contributed by atoms with E-state index in [9.17, 15) is 0 Å². The quantitative estimate of drug-likeness (QED) is 0.637. The Hall–Kier alpha value is -3.22. The summed E-state index contributed by atoms with van der Waals surface area (Å²) < 4.78 is 26.9. The summed E-state index contributed by atoms with van der Waals surface area (Å²) in [6, 6.07) is 10.9. The molecule has 3 aromatic rings. The van der Waals surface area contributed by atoms with Crippen molar-refractivity contribution >= 4 is 0 Å². The Labute approximate surface area is 151 Å². The first kappa shape index (κ1) is 17.6. The van der Waals surface area contributed by atoms with Gasteiger partial charge in [0.2, 0.25) is 5.82 Å². The van der Waals surface area contributed by atoms with Gasteiger partial charge in [0.15, 0.2) is 11.5 Å². The van der Waals surface area contributed by atoms with Crippen molar-refractivity contribution in [3.05, 3.63) is 36.4 Å².